The summed E-state index contributed by atoms with van der Waals surface area (Å²) in [6.07, 6.45) is 7.56. The van der Waals surface area contributed by atoms with Gasteiger partial charge in [0.1, 0.15) is 18.4 Å². The highest BCUT2D eigenvalue weighted by Gasteiger charge is 1.95. The van der Waals surface area contributed by atoms with Gasteiger partial charge in [-0.3, -0.25) is 0 Å². The van der Waals surface area contributed by atoms with Crippen molar-refractivity contribution >= 4 is 6.21 Å². The Morgan fingerprint density at radius 3 is 2.86 bits per heavy atom. The zero-order valence-corrected chi connectivity index (χ0v) is 3.76. The molecule has 0 radical (unpaired) electrons. The number of hydrogen-bond donors (Lipinski definition) is 1. The van der Waals surface area contributed by atoms with Gasteiger partial charge in [-0.1, -0.05) is 0 Å². The molecule has 34 valence electrons. The monoisotopic (exact) mass is 93.0 g/mol. The van der Waals surface area contributed by atoms with Gasteiger partial charge in [0, 0.05) is 0 Å². The molecule has 2 nitrogen and oxygen atoms in total. The van der Waals surface area contributed by atoms with E-state index in [0.29, 0.717) is 5.70 Å². The first kappa shape index (κ1) is 4.03. The van der Waals surface area contributed by atoms with E-state index in [9.17, 15) is 0 Å². The summed E-state index contributed by atoms with van der Waals surface area (Å²) >= 11 is 0. The summed E-state index contributed by atoms with van der Waals surface area (Å²) in [5.41, 5.74) is 5.90. The Kier molecular flexibility index (Phi) is 0.886. The molecule has 1 aliphatic heterocycles. The molecule has 0 saturated carbocycles. The SMILES string of the molecule is NC1=[C+]C=NC=C1. The smallest absolute Gasteiger partial charge is 0.262 e. The van der Waals surface area contributed by atoms with Crippen LogP contribution in [0, 0.1) is 6.08 Å². The van der Waals surface area contributed by atoms with Crippen LogP contribution in [-0.4, -0.2) is 6.21 Å². The van der Waals surface area contributed by atoms with Crippen LogP contribution in [0.15, 0.2) is 23.0 Å². The van der Waals surface area contributed by atoms with Crippen LogP contribution >= 0.6 is 0 Å². The highest BCUT2D eigenvalue weighted by Crippen LogP contribution is 1.88. The Labute approximate surface area is 42.0 Å². The van der Waals surface area contributed by atoms with Gasteiger partial charge in [-0.05, 0) is 0 Å². The number of rotatable bonds is 0. The summed E-state index contributed by atoms with van der Waals surface area (Å²) in [4.78, 5) is 3.71. The van der Waals surface area contributed by atoms with Crippen LogP contribution in [0.3, 0.4) is 0 Å². The van der Waals surface area contributed by atoms with Crippen molar-refractivity contribution in [2.75, 3.05) is 0 Å². The number of aliphatic imine (C=N–C) groups is 1. The second kappa shape index (κ2) is 1.54. The van der Waals surface area contributed by atoms with E-state index in [2.05, 4.69) is 11.1 Å². The van der Waals surface area contributed by atoms with Crippen LogP contribution in [0.4, 0.5) is 0 Å². The van der Waals surface area contributed by atoms with Crippen molar-refractivity contribution in [1.29, 1.82) is 0 Å². The molecule has 7 heavy (non-hydrogen) atoms. The average Bonchev–Trinajstić information content (AvgIpc) is 1.69. The predicted octanol–water partition coefficient (Wildman–Crippen LogP) is 0.230. The van der Waals surface area contributed by atoms with Gasteiger partial charge in [0.05, 0.1) is 0 Å². The summed E-state index contributed by atoms with van der Waals surface area (Å²) in [6.45, 7) is 0. The second-order valence-corrected chi connectivity index (χ2v) is 1.19. The Morgan fingerprint density at radius 1 is 1.71 bits per heavy atom. The Hall–Kier alpha value is -1.14. The van der Waals surface area contributed by atoms with Gasteiger partial charge in [0.15, 0.2) is 6.21 Å². The lowest BCUT2D eigenvalue weighted by Gasteiger charge is -1.75. The molecule has 0 fully saturated rings. The fourth-order valence-corrected chi connectivity index (χ4v) is 0.326. The first-order valence-corrected chi connectivity index (χ1v) is 1.97. The molecule has 0 aromatic heterocycles. The minimum atomic E-state index is 0.634. The molecule has 2 heteroatoms. The minimum absolute atomic E-state index is 0.634. The molecule has 1 rings (SSSR count). The van der Waals surface area contributed by atoms with Crippen LogP contribution in [0.1, 0.15) is 0 Å². The van der Waals surface area contributed by atoms with Crippen molar-refractivity contribution in [1.82, 2.24) is 0 Å². The van der Waals surface area contributed by atoms with Crippen LogP contribution in [0.2, 0.25) is 0 Å². The molecule has 0 aromatic carbocycles. The van der Waals surface area contributed by atoms with Crippen molar-refractivity contribution in [2.45, 2.75) is 0 Å². The summed E-state index contributed by atoms with van der Waals surface area (Å²) in [5.74, 6) is 0. The van der Waals surface area contributed by atoms with Gasteiger partial charge < -0.3 is 5.73 Å². The first-order valence-electron chi connectivity index (χ1n) is 1.97. The molecule has 0 aliphatic carbocycles. The molecule has 0 bridgehead atoms. The number of hydrogen-bond acceptors (Lipinski definition) is 2. The molecule has 0 saturated heterocycles. The molecule has 0 spiro atoms. The van der Waals surface area contributed by atoms with Crippen molar-refractivity contribution in [2.24, 2.45) is 10.7 Å². The first-order chi connectivity index (χ1) is 3.39. The molecule has 0 unspecified atom stereocenters. The van der Waals surface area contributed by atoms with E-state index in [1.165, 1.54) is 6.21 Å². The molecule has 0 aromatic rings. The normalized spacial score (nSPS) is 15.7. The van der Waals surface area contributed by atoms with Crippen molar-refractivity contribution in [3.63, 3.8) is 0 Å². The van der Waals surface area contributed by atoms with Crippen molar-refractivity contribution in [3.05, 3.63) is 24.0 Å². The quantitative estimate of drug-likeness (QED) is 0.428. The molecule has 1 aliphatic rings. The molecule has 2 N–H and O–H groups in total. The maximum Gasteiger partial charge on any atom is 0.262 e. The standard InChI is InChI=1S/C5H5N2/c6-5-1-3-7-4-2-5/h1,3-4H,(H2,6,7)/q+1. The van der Waals surface area contributed by atoms with Crippen LogP contribution < -0.4 is 5.73 Å². The van der Waals surface area contributed by atoms with Crippen molar-refractivity contribution < 1.29 is 0 Å². The van der Waals surface area contributed by atoms with Gasteiger partial charge in [-0.25, -0.2) is 4.99 Å². The Bertz CT molecular complexity index is 142. The maximum atomic E-state index is 5.26. The van der Waals surface area contributed by atoms with E-state index in [0.717, 1.165) is 0 Å². The van der Waals surface area contributed by atoms with E-state index < -0.39 is 0 Å². The van der Waals surface area contributed by atoms with E-state index in [4.69, 9.17) is 5.73 Å². The lowest BCUT2D eigenvalue weighted by molar-refractivity contribution is 1.37. The number of nitrogens with zero attached hydrogens (tertiary/aromatic N) is 1. The zero-order valence-electron chi connectivity index (χ0n) is 3.76. The Morgan fingerprint density at radius 2 is 2.57 bits per heavy atom. The van der Waals surface area contributed by atoms with Gasteiger partial charge in [-0.2, -0.15) is 0 Å². The molecule has 0 atom stereocenters. The van der Waals surface area contributed by atoms with Gasteiger partial charge in [0.2, 0.25) is 0 Å². The van der Waals surface area contributed by atoms with Crippen LogP contribution in [-0.2, 0) is 0 Å². The highest BCUT2D eigenvalue weighted by atomic mass is 14.7. The number of allylic oxidation sites excluding steroid dienone is 2. The van der Waals surface area contributed by atoms with Gasteiger partial charge in [-0.15, -0.1) is 0 Å². The third-order valence-electron chi connectivity index (χ3n) is 0.646. The van der Waals surface area contributed by atoms with Crippen LogP contribution in [0.25, 0.3) is 0 Å². The van der Waals surface area contributed by atoms with E-state index >= 15 is 0 Å². The van der Waals surface area contributed by atoms with E-state index in [1.807, 2.05) is 0 Å². The summed E-state index contributed by atoms with van der Waals surface area (Å²) in [5, 5.41) is 0. The third-order valence-corrected chi connectivity index (χ3v) is 0.646. The lowest BCUT2D eigenvalue weighted by Crippen LogP contribution is -1.94. The van der Waals surface area contributed by atoms with Crippen LogP contribution in [0.5, 0.6) is 0 Å². The maximum absolute atomic E-state index is 5.26. The Balaban J connectivity index is 2.82. The molecular weight excluding hydrogens is 88.1 g/mol. The van der Waals surface area contributed by atoms with Gasteiger partial charge in [0.25, 0.3) is 5.70 Å². The summed E-state index contributed by atoms with van der Waals surface area (Å²) < 4.78 is 0. The molecule has 0 amide bonds. The average molecular weight is 93.1 g/mol. The van der Waals surface area contributed by atoms with Gasteiger partial charge >= 0.3 is 0 Å². The summed E-state index contributed by atoms with van der Waals surface area (Å²) in [7, 11) is 0. The second-order valence-electron chi connectivity index (χ2n) is 1.19. The minimum Gasteiger partial charge on any atom is -0.357 e. The predicted molar refractivity (Wildman–Crippen MR) is 28.6 cm³/mol. The van der Waals surface area contributed by atoms with Crippen molar-refractivity contribution in [3.8, 4) is 0 Å². The van der Waals surface area contributed by atoms with E-state index in [1.54, 1.807) is 12.3 Å². The van der Waals surface area contributed by atoms with E-state index in [-0.39, 0.29) is 0 Å². The lowest BCUT2D eigenvalue weighted by atomic mass is 10.4. The topological polar surface area (TPSA) is 38.4 Å². The fourth-order valence-electron chi connectivity index (χ4n) is 0.326. The molecular formula is C5H5N2+. The number of nitrogens with two attached hydrogens (primary N) is 1. The molecule has 1 heterocycles. The largest absolute Gasteiger partial charge is 0.357 e. The summed E-state index contributed by atoms with van der Waals surface area (Å²) in [6, 6.07) is 0. The fraction of sp³-hybridized carbons (Fsp3) is 0. The highest BCUT2D eigenvalue weighted by molar-refractivity contribution is 5.69. The third kappa shape index (κ3) is 0.845. The zero-order chi connectivity index (χ0) is 5.11.